The van der Waals surface area contributed by atoms with Crippen molar-refractivity contribution in [1.82, 2.24) is 10.6 Å². The van der Waals surface area contributed by atoms with Crippen LogP contribution in [0.2, 0.25) is 0 Å². The summed E-state index contributed by atoms with van der Waals surface area (Å²) in [6, 6.07) is 7.06. The fourth-order valence-electron chi connectivity index (χ4n) is 1.57. The second-order valence-corrected chi connectivity index (χ2v) is 6.00. The van der Waals surface area contributed by atoms with Crippen molar-refractivity contribution in [2.75, 3.05) is 26.8 Å². The Bertz CT molecular complexity index is 471. The summed E-state index contributed by atoms with van der Waals surface area (Å²) < 4.78 is 11.0. The van der Waals surface area contributed by atoms with Gasteiger partial charge in [-0.25, -0.2) is 0 Å². The first-order chi connectivity index (χ1) is 10.3. The summed E-state index contributed by atoms with van der Waals surface area (Å²) in [7, 11) is 1.55. The number of aliphatic hydroxyl groups excluding tert-OH is 1. The lowest BCUT2D eigenvalue weighted by Crippen LogP contribution is -2.42. The highest BCUT2D eigenvalue weighted by atomic mass is 16.5. The van der Waals surface area contributed by atoms with Gasteiger partial charge in [-0.3, -0.25) is 4.79 Å². The molecule has 1 aromatic rings. The Balaban J connectivity index is 2.49. The number of aliphatic hydroxyl groups is 1. The molecule has 0 heterocycles. The van der Waals surface area contributed by atoms with Gasteiger partial charge in [-0.2, -0.15) is 0 Å². The zero-order chi connectivity index (χ0) is 16.6. The van der Waals surface area contributed by atoms with E-state index in [1.54, 1.807) is 25.2 Å². The summed E-state index contributed by atoms with van der Waals surface area (Å²) in [6.45, 7) is 6.59. The quantitative estimate of drug-likeness (QED) is 0.666. The summed E-state index contributed by atoms with van der Waals surface area (Å²) in [5.41, 5.74) is -0.0600. The van der Waals surface area contributed by atoms with E-state index in [4.69, 9.17) is 9.47 Å². The molecule has 0 spiro atoms. The first-order valence-electron chi connectivity index (χ1n) is 7.30. The molecule has 1 rings (SSSR count). The summed E-state index contributed by atoms with van der Waals surface area (Å²) in [5.74, 6) is 0.757. The maximum absolute atomic E-state index is 11.2. The smallest absolute Gasteiger partial charge is 0.257 e. The Labute approximate surface area is 131 Å². The number of likely N-dealkylation sites (N-methyl/N-ethyl adjacent to an activating group) is 1. The number of hydrogen-bond acceptors (Lipinski definition) is 5. The summed E-state index contributed by atoms with van der Waals surface area (Å²) in [4.78, 5) is 11.2. The van der Waals surface area contributed by atoms with Crippen LogP contribution >= 0.6 is 0 Å². The molecule has 0 aromatic heterocycles. The monoisotopic (exact) mass is 310 g/mol. The van der Waals surface area contributed by atoms with Crippen molar-refractivity contribution in [2.45, 2.75) is 32.4 Å². The SMILES string of the molecule is CNC(=O)COc1ccccc1OC[C@@H](O)CNC(C)(C)C. The molecule has 0 bridgehead atoms. The Morgan fingerprint density at radius 1 is 1.23 bits per heavy atom. The second kappa shape index (κ2) is 8.60. The molecule has 0 unspecified atom stereocenters. The van der Waals surface area contributed by atoms with Crippen molar-refractivity contribution in [3.05, 3.63) is 24.3 Å². The Morgan fingerprint density at radius 3 is 2.36 bits per heavy atom. The third kappa shape index (κ3) is 7.28. The minimum Gasteiger partial charge on any atom is -0.487 e. The maximum atomic E-state index is 11.2. The van der Waals surface area contributed by atoms with Crippen molar-refractivity contribution in [3.8, 4) is 11.5 Å². The predicted molar refractivity (Wildman–Crippen MR) is 85.3 cm³/mol. The molecule has 6 heteroatoms. The maximum Gasteiger partial charge on any atom is 0.257 e. The van der Waals surface area contributed by atoms with Crippen molar-refractivity contribution in [2.24, 2.45) is 0 Å². The molecule has 124 valence electrons. The van der Waals surface area contributed by atoms with E-state index in [9.17, 15) is 9.90 Å². The van der Waals surface area contributed by atoms with Gasteiger partial charge in [-0.05, 0) is 32.9 Å². The van der Waals surface area contributed by atoms with Crippen LogP contribution in [0.25, 0.3) is 0 Å². The molecule has 1 aromatic carbocycles. The number of benzene rings is 1. The van der Waals surface area contributed by atoms with Crippen LogP contribution in [0.1, 0.15) is 20.8 Å². The molecule has 1 atom stereocenters. The van der Waals surface area contributed by atoms with Crippen molar-refractivity contribution < 1.29 is 19.4 Å². The van der Waals surface area contributed by atoms with Gasteiger partial charge in [-0.1, -0.05) is 12.1 Å². The second-order valence-electron chi connectivity index (χ2n) is 6.00. The normalized spacial score (nSPS) is 12.6. The van der Waals surface area contributed by atoms with Gasteiger partial charge in [0, 0.05) is 19.1 Å². The first kappa shape index (κ1) is 18.3. The molecule has 0 fully saturated rings. The number of para-hydroxylation sites is 2. The predicted octanol–water partition coefficient (Wildman–Crippen LogP) is 0.939. The van der Waals surface area contributed by atoms with E-state index >= 15 is 0 Å². The molecule has 0 aliphatic rings. The molecule has 1 amide bonds. The van der Waals surface area contributed by atoms with Crippen LogP contribution in [0.15, 0.2) is 24.3 Å². The van der Waals surface area contributed by atoms with Gasteiger partial charge >= 0.3 is 0 Å². The molecule has 0 saturated heterocycles. The van der Waals surface area contributed by atoms with E-state index in [-0.39, 0.29) is 24.7 Å². The highest BCUT2D eigenvalue weighted by Gasteiger charge is 2.14. The Morgan fingerprint density at radius 2 is 1.82 bits per heavy atom. The topological polar surface area (TPSA) is 79.8 Å². The average Bonchev–Trinajstić information content (AvgIpc) is 2.48. The zero-order valence-corrected chi connectivity index (χ0v) is 13.7. The van der Waals surface area contributed by atoms with Gasteiger partial charge in [0.25, 0.3) is 5.91 Å². The molecule has 22 heavy (non-hydrogen) atoms. The summed E-state index contributed by atoms with van der Waals surface area (Å²) in [5, 5.41) is 15.6. The van der Waals surface area contributed by atoms with E-state index in [0.29, 0.717) is 18.0 Å². The number of carbonyl (C=O) groups excluding carboxylic acids is 1. The molecular formula is C16H26N2O4. The van der Waals surface area contributed by atoms with Crippen LogP contribution in [-0.4, -0.2) is 49.5 Å². The minimum absolute atomic E-state index is 0.0600. The largest absolute Gasteiger partial charge is 0.487 e. The van der Waals surface area contributed by atoms with Crippen LogP contribution in [0.3, 0.4) is 0 Å². The van der Waals surface area contributed by atoms with E-state index in [1.165, 1.54) is 0 Å². The highest BCUT2D eigenvalue weighted by Crippen LogP contribution is 2.26. The zero-order valence-electron chi connectivity index (χ0n) is 13.7. The lowest BCUT2D eigenvalue weighted by Gasteiger charge is -2.23. The number of nitrogens with one attached hydrogen (secondary N) is 2. The van der Waals surface area contributed by atoms with Gasteiger partial charge in [0.05, 0.1) is 0 Å². The van der Waals surface area contributed by atoms with Crippen molar-refractivity contribution in [1.29, 1.82) is 0 Å². The lowest BCUT2D eigenvalue weighted by molar-refractivity contribution is -0.122. The number of carbonyl (C=O) groups is 1. The molecular weight excluding hydrogens is 284 g/mol. The minimum atomic E-state index is -0.633. The lowest BCUT2D eigenvalue weighted by atomic mass is 10.1. The van der Waals surface area contributed by atoms with E-state index in [2.05, 4.69) is 10.6 Å². The van der Waals surface area contributed by atoms with Crippen LogP contribution in [0.5, 0.6) is 11.5 Å². The van der Waals surface area contributed by atoms with Crippen molar-refractivity contribution >= 4 is 5.91 Å². The molecule has 0 radical (unpaired) electrons. The van der Waals surface area contributed by atoms with E-state index < -0.39 is 6.10 Å². The van der Waals surface area contributed by atoms with Gasteiger partial charge in [0.1, 0.15) is 12.7 Å². The molecule has 0 saturated carbocycles. The number of hydrogen-bond donors (Lipinski definition) is 3. The summed E-state index contributed by atoms with van der Waals surface area (Å²) in [6.07, 6.45) is -0.633. The number of β-amino-alcohol motifs (C(OH)–C–C–N with tert-alkyl or cyclic N) is 1. The van der Waals surface area contributed by atoms with Crippen molar-refractivity contribution in [3.63, 3.8) is 0 Å². The van der Waals surface area contributed by atoms with Gasteiger partial charge in [-0.15, -0.1) is 0 Å². The molecule has 0 aliphatic carbocycles. The molecule has 6 nitrogen and oxygen atoms in total. The van der Waals surface area contributed by atoms with Crippen LogP contribution in [0.4, 0.5) is 0 Å². The first-order valence-corrected chi connectivity index (χ1v) is 7.30. The molecule has 3 N–H and O–H groups in total. The van der Waals surface area contributed by atoms with E-state index in [0.717, 1.165) is 0 Å². The third-order valence-electron chi connectivity index (χ3n) is 2.79. The van der Waals surface area contributed by atoms with Gasteiger partial charge < -0.3 is 25.2 Å². The number of rotatable bonds is 8. The fourth-order valence-corrected chi connectivity index (χ4v) is 1.57. The van der Waals surface area contributed by atoms with Gasteiger partial charge in [0.15, 0.2) is 18.1 Å². The van der Waals surface area contributed by atoms with Crippen LogP contribution in [-0.2, 0) is 4.79 Å². The Hall–Kier alpha value is -1.79. The highest BCUT2D eigenvalue weighted by molar-refractivity contribution is 5.77. The standard InChI is InChI=1S/C16H26N2O4/c1-16(2,3)18-9-12(19)10-21-13-7-5-6-8-14(13)22-11-15(20)17-4/h5-8,12,18-19H,9-11H2,1-4H3,(H,17,20)/t12-/m0/s1. The Kier molecular flexibility index (Phi) is 7.14. The van der Waals surface area contributed by atoms with Crippen LogP contribution in [0, 0.1) is 0 Å². The fraction of sp³-hybridized carbons (Fsp3) is 0.562. The van der Waals surface area contributed by atoms with Gasteiger partial charge in [0.2, 0.25) is 0 Å². The third-order valence-corrected chi connectivity index (χ3v) is 2.79. The number of amides is 1. The molecule has 0 aliphatic heterocycles. The van der Waals surface area contributed by atoms with Crippen LogP contribution < -0.4 is 20.1 Å². The summed E-state index contributed by atoms with van der Waals surface area (Å²) >= 11 is 0. The number of ether oxygens (including phenoxy) is 2. The average molecular weight is 310 g/mol. The van der Waals surface area contributed by atoms with E-state index in [1.807, 2.05) is 26.8 Å².